The second kappa shape index (κ2) is 6.25. The normalized spacial score (nSPS) is 29.4. The Kier molecular flexibility index (Phi) is 4.66. The standard InChI is InChI=1S/C17H25N/c1-4-8-13(3)15-11-12-18-17(15)16-10-7-6-9-14(16)5-2/h2,9-10,13,15,17-18H,4,6-8,11-12H2,1,3H3/t13-,15+,17?/m1/s1. The summed E-state index contributed by atoms with van der Waals surface area (Å²) >= 11 is 0. The van der Waals surface area contributed by atoms with E-state index in [0.29, 0.717) is 6.04 Å². The molecule has 1 heteroatoms. The molecule has 0 bridgehead atoms. The SMILES string of the molecule is C#CC1=CCCC=C1C1NCC[C@H]1[C@H](C)CCC. The molecular weight excluding hydrogens is 218 g/mol. The predicted octanol–water partition coefficient (Wildman–Crippen LogP) is 3.68. The largest absolute Gasteiger partial charge is 0.310 e. The highest BCUT2D eigenvalue weighted by Gasteiger charge is 2.34. The second-order valence-electron chi connectivity index (χ2n) is 5.65. The molecule has 0 aromatic carbocycles. The van der Waals surface area contributed by atoms with Crippen molar-refractivity contribution < 1.29 is 0 Å². The van der Waals surface area contributed by atoms with E-state index >= 15 is 0 Å². The summed E-state index contributed by atoms with van der Waals surface area (Å²) in [5, 5.41) is 3.68. The first-order valence-electron chi connectivity index (χ1n) is 7.38. The fourth-order valence-corrected chi connectivity index (χ4v) is 3.48. The van der Waals surface area contributed by atoms with Gasteiger partial charge >= 0.3 is 0 Å². The minimum atomic E-state index is 0.495. The summed E-state index contributed by atoms with van der Waals surface area (Å²) < 4.78 is 0. The summed E-state index contributed by atoms with van der Waals surface area (Å²) in [6.07, 6.45) is 16.4. The lowest BCUT2D eigenvalue weighted by atomic mass is 9.79. The van der Waals surface area contributed by atoms with Gasteiger partial charge in [0.1, 0.15) is 0 Å². The van der Waals surface area contributed by atoms with Crippen LogP contribution >= 0.6 is 0 Å². The van der Waals surface area contributed by atoms with E-state index in [4.69, 9.17) is 6.42 Å². The molecule has 1 unspecified atom stereocenters. The van der Waals surface area contributed by atoms with Crippen LogP contribution in [0.1, 0.15) is 46.0 Å². The Morgan fingerprint density at radius 3 is 2.94 bits per heavy atom. The Balaban J connectivity index is 2.14. The molecule has 2 aliphatic rings. The van der Waals surface area contributed by atoms with Crippen LogP contribution in [0.2, 0.25) is 0 Å². The van der Waals surface area contributed by atoms with Crippen molar-refractivity contribution in [1.29, 1.82) is 0 Å². The first kappa shape index (κ1) is 13.4. The maximum atomic E-state index is 5.65. The van der Waals surface area contributed by atoms with E-state index in [1.807, 2.05) is 0 Å². The zero-order valence-corrected chi connectivity index (χ0v) is 11.7. The summed E-state index contributed by atoms with van der Waals surface area (Å²) in [5.41, 5.74) is 2.53. The molecule has 3 atom stereocenters. The van der Waals surface area contributed by atoms with Gasteiger partial charge in [-0.15, -0.1) is 6.42 Å². The van der Waals surface area contributed by atoms with Crippen LogP contribution in [-0.2, 0) is 0 Å². The van der Waals surface area contributed by atoms with Crippen molar-refractivity contribution >= 4 is 0 Å². The van der Waals surface area contributed by atoms with Gasteiger partial charge in [0.25, 0.3) is 0 Å². The molecule has 0 amide bonds. The van der Waals surface area contributed by atoms with Crippen molar-refractivity contribution in [2.45, 2.75) is 52.0 Å². The highest BCUT2D eigenvalue weighted by Crippen LogP contribution is 2.35. The quantitative estimate of drug-likeness (QED) is 0.743. The number of hydrogen-bond donors (Lipinski definition) is 1. The van der Waals surface area contributed by atoms with E-state index in [1.54, 1.807) is 0 Å². The smallest absolute Gasteiger partial charge is 0.0360 e. The van der Waals surface area contributed by atoms with Crippen LogP contribution in [0.25, 0.3) is 0 Å². The molecule has 0 radical (unpaired) electrons. The maximum Gasteiger partial charge on any atom is 0.0360 e. The van der Waals surface area contributed by atoms with Crippen molar-refractivity contribution in [3.63, 3.8) is 0 Å². The Morgan fingerprint density at radius 1 is 1.44 bits per heavy atom. The van der Waals surface area contributed by atoms with Gasteiger partial charge in [0.05, 0.1) is 0 Å². The molecule has 1 heterocycles. The van der Waals surface area contributed by atoms with Gasteiger partial charge in [0.2, 0.25) is 0 Å². The summed E-state index contributed by atoms with van der Waals surface area (Å²) in [5.74, 6) is 4.42. The van der Waals surface area contributed by atoms with Gasteiger partial charge in [-0.25, -0.2) is 0 Å². The maximum absolute atomic E-state index is 5.65. The molecule has 18 heavy (non-hydrogen) atoms. The molecule has 0 saturated carbocycles. The fourth-order valence-electron chi connectivity index (χ4n) is 3.48. The highest BCUT2D eigenvalue weighted by molar-refractivity contribution is 5.49. The van der Waals surface area contributed by atoms with Crippen molar-refractivity contribution in [3.8, 4) is 12.3 Å². The van der Waals surface area contributed by atoms with Gasteiger partial charge in [0.15, 0.2) is 0 Å². The van der Waals surface area contributed by atoms with Gasteiger partial charge in [0, 0.05) is 11.6 Å². The third-order valence-electron chi connectivity index (χ3n) is 4.43. The summed E-state index contributed by atoms with van der Waals surface area (Å²) in [4.78, 5) is 0. The van der Waals surface area contributed by atoms with Crippen molar-refractivity contribution in [3.05, 3.63) is 23.3 Å². The molecular formula is C17H25N. The average molecular weight is 243 g/mol. The topological polar surface area (TPSA) is 12.0 Å². The highest BCUT2D eigenvalue weighted by atomic mass is 15.0. The van der Waals surface area contributed by atoms with E-state index in [1.165, 1.54) is 24.8 Å². The van der Waals surface area contributed by atoms with Crippen molar-refractivity contribution in [2.75, 3.05) is 6.54 Å². The third kappa shape index (κ3) is 2.70. The van der Waals surface area contributed by atoms with Gasteiger partial charge in [-0.05, 0) is 43.2 Å². The summed E-state index contributed by atoms with van der Waals surface area (Å²) in [6, 6.07) is 0.495. The number of nitrogens with one attached hydrogen (secondary N) is 1. The molecule has 0 spiro atoms. The molecule has 1 aliphatic carbocycles. The monoisotopic (exact) mass is 243 g/mol. The minimum absolute atomic E-state index is 0.495. The van der Waals surface area contributed by atoms with Crippen LogP contribution in [0.4, 0.5) is 0 Å². The Bertz CT molecular complexity index is 383. The third-order valence-corrected chi connectivity index (χ3v) is 4.43. The molecule has 1 nitrogen and oxygen atoms in total. The molecule has 0 aromatic rings. The predicted molar refractivity (Wildman–Crippen MR) is 78.2 cm³/mol. The van der Waals surface area contributed by atoms with Gasteiger partial charge < -0.3 is 5.32 Å². The lowest BCUT2D eigenvalue weighted by molar-refractivity contribution is 0.323. The molecule has 1 aliphatic heterocycles. The van der Waals surface area contributed by atoms with E-state index in [0.717, 1.165) is 36.8 Å². The first-order valence-corrected chi connectivity index (χ1v) is 7.38. The second-order valence-corrected chi connectivity index (χ2v) is 5.65. The van der Waals surface area contributed by atoms with E-state index in [2.05, 4.69) is 37.2 Å². The van der Waals surface area contributed by atoms with Crippen LogP contribution in [0, 0.1) is 24.2 Å². The van der Waals surface area contributed by atoms with Crippen LogP contribution in [0.15, 0.2) is 23.3 Å². The molecule has 1 fully saturated rings. The minimum Gasteiger partial charge on any atom is -0.310 e. The zero-order valence-electron chi connectivity index (χ0n) is 11.7. The van der Waals surface area contributed by atoms with Crippen LogP contribution in [-0.4, -0.2) is 12.6 Å². The molecule has 2 rings (SSSR count). The van der Waals surface area contributed by atoms with E-state index in [-0.39, 0.29) is 0 Å². The first-order chi connectivity index (χ1) is 8.77. The molecule has 1 N–H and O–H groups in total. The molecule has 98 valence electrons. The zero-order chi connectivity index (χ0) is 13.0. The number of allylic oxidation sites excluding steroid dienone is 2. The van der Waals surface area contributed by atoms with E-state index in [9.17, 15) is 0 Å². The summed E-state index contributed by atoms with van der Waals surface area (Å²) in [7, 11) is 0. The van der Waals surface area contributed by atoms with Gasteiger partial charge in [-0.1, -0.05) is 44.8 Å². The lowest BCUT2D eigenvalue weighted by Crippen LogP contribution is -2.33. The van der Waals surface area contributed by atoms with Gasteiger partial charge in [-0.3, -0.25) is 0 Å². The number of rotatable bonds is 4. The Hall–Kier alpha value is -1.00. The fraction of sp³-hybridized carbons (Fsp3) is 0.647. The van der Waals surface area contributed by atoms with Crippen LogP contribution in [0.5, 0.6) is 0 Å². The van der Waals surface area contributed by atoms with Crippen molar-refractivity contribution in [2.24, 2.45) is 11.8 Å². The number of terminal acetylenes is 1. The van der Waals surface area contributed by atoms with Crippen LogP contribution < -0.4 is 5.32 Å². The Morgan fingerprint density at radius 2 is 2.22 bits per heavy atom. The van der Waals surface area contributed by atoms with Crippen LogP contribution in [0.3, 0.4) is 0 Å². The summed E-state index contributed by atoms with van der Waals surface area (Å²) in [6.45, 7) is 5.82. The molecule has 1 saturated heterocycles. The van der Waals surface area contributed by atoms with Gasteiger partial charge in [-0.2, -0.15) is 0 Å². The van der Waals surface area contributed by atoms with Crippen molar-refractivity contribution in [1.82, 2.24) is 5.32 Å². The molecule has 0 aromatic heterocycles. The average Bonchev–Trinajstić information content (AvgIpc) is 2.88. The lowest BCUT2D eigenvalue weighted by Gasteiger charge is -2.29. The van der Waals surface area contributed by atoms with E-state index < -0.39 is 0 Å². The Labute approximate surface area is 112 Å². The number of hydrogen-bond acceptors (Lipinski definition) is 1.